The normalized spacial score (nSPS) is 12.7. The van der Waals surface area contributed by atoms with Gasteiger partial charge in [0.2, 0.25) is 11.7 Å². The van der Waals surface area contributed by atoms with Gasteiger partial charge in [-0.05, 0) is 13.8 Å². The van der Waals surface area contributed by atoms with E-state index in [-0.39, 0.29) is 17.6 Å². The number of nitrogens with zero attached hydrogens (tertiary/aromatic N) is 4. The Morgan fingerprint density at radius 3 is 2.57 bits per heavy atom. The predicted molar refractivity (Wildman–Crippen MR) is 77.2 cm³/mol. The molecule has 1 N–H and O–H groups in total. The highest BCUT2D eigenvalue weighted by Crippen LogP contribution is 2.34. The monoisotopic (exact) mass is 293 g/mol. The molecule has 0 fully saturated rings. The Labute approximate surface area is 122 Å². The average Bonchev–Trinajstić information content (AvgIpc) is 2.94. The van der Waals surface area contributed by atoms with E-state index in [2.05, 4.69) is 15.4 Å². The summed E-state index contributed by atoms with van der Waals surface area (Å²) in [5.74, 6) is 1.49. The highest BCUT2D eigenvalue weighted by atomic mass is 16.6. The van der Waals surface area contributed by atoms with E-state index in [4.69, 9.17) is 4.42 Å². The molecule has 8 nitrogen and oxygen atoms in total. The van der Waals surface area contributed by atoms with Crippen molar-refractivity contribution in [2.45, 2.75) is 39.7 Å². The van der Waals surface area contributed by atoms with Crippen molar-refractivity contribution in [2.24, 2.45) is 7.05 Å². The molecule has 0 aromatic carbocycles. The van der Waals surface area contributed by atoms with Crippen LogP contribution in [0.1, 0.15) is 50.1 Å². The van der Waals surface area contributed by atoms with Crippen molar-refractivity contribution in [2.75, 3.05) is 5.32 Å². The van der Waals surface area contributed by atoms with Crippen molar-refractivity contribution in [3.05, 3.63) is 33.7 Å². The maximum Gasteiger partial charge on any atom is 0.334 e. The van der Waals surface area contributed by atoms with E-state index in [9.17, 15) is 10.1 Å². The number of oxazole rings is 1. The summed E-state index contributed by atoms with van der Waals surface area (Å²) in [5, 5.41) is 18.7. The number of nitro groups is 1. The van der Waals surface area contributed by atoms with Crippen molar-refractivity contribution < 1.29 is 9.34 Å². The first kappa shape index (κ1) is 15.0. The largest absolute Gasteiger partial charge is 0.444 e. The molecule has 0 saturated heterocycles. The molecular formula is C13H19N5O3. The molecule has 0 aliphatic rings. The Kier molecular flexibility index (Phi) is 3.97. The number of anilines is 1. The summed E-state index contributed by atoms with van der Waals surface area (Å²) in [6, 6.07) is -0.298. The lowest BCUT2D eigenvalue weighted by Gasteiger charge is -2.11. The standard InChI is InChI=1S/C13H19N5O3/c1-7(2)10-11(18(19)20)12(17(5)16-10)15-9(4)13-14-6-8(3)21-13/h6-7,9,15H,1-5H3. The minimum Gasteiger partial charge on any atom is -0.444 e. The predicted octanol–water partition coefficient (Wildman–Crippen LogP) is 2.92. The molecule has 2 rings (SSSR count). The fourth-order valence-corrected chi connectivity index (χ4v) is 2.10. The average molecular weight is 293 g/mol. The zero-order chi connectivity index (χ0) is 15.7. The van der Waals surface area contributed by atoms with Crippen molar-refractivity contribution in [1.29, 1.82) is 0 Å². The van der Waals surface area contributed by atoms with Crippen LogP contribution in [0.2, 0.25) is 0 Å². The summed E-state index contributed by atoms with van der Waals surface area (Å²) in [6.07, 6.45) is 1.62. The fourth-order valence-electron chi connectivity index (χ4n) is 2.10. The smallest absolute Gasteiger partial charge is 0.334 e. The Bertz CT molecular complexity index is 659. The van der Waals surface area contributed by atoms with Crippen LogP contribution in [0.3, 0.4) is 0 Å². The molecule has 2 aromatic heterocycles. The summed E-state index contributed by atoms with van der Waals surface area (Å²) in [5.41, 5.74) is 0.461. The van der Waals surface area contributed by atoms with Crippen molar-refractivity contribution in [3.63, 3.8) is 0 Å². The Balaban J connectivity index is 2.37. The lowest BCUT2D eigenvalue weighted by molar-refractivity contribution is -0.384. The quantitative estimate of drug-likeness (QED) is 0.672. The van der Waals surface area contributed by atoms with Crippen LogP contribution in [0.5, 0.6) is 0 Å². The van der Waals surface area contributed by atoms with Gasteiger partial charge in [0, 0.05) is 13.0 Å². The third kappa shape index (κ3) is 2.88. The van der Waals surface area contributed by atoms with Crippen LogP contribution in [-0.2, 0) is 7.05 Å². The molecular weight excluding hydrogens is 274 g/mol. The topological polar surface area (TPSA) is 99.0 Å². The molecule has 1 atom stereocenters. The third-order valence-electron chi connectivity index (χ3n) is 3.14. The van der Waals surface area contributed by atoms with E-state index in [0.29, 0.717) is 23.2 Å². The van der Waals surface area contributed by atoms with Gasteiger partial charge in [-0.25, -0.2) is 9.67 Å². The lowest BCUT2D eigenvalue weighted by atomic mass is 10.1. The second kappa shape index (κ2) is 5.55. The minimum atomic E-state index is -0.405. The van der Waals surface area contributed by atoms with Crippen LogP contribution in [0, 0.1) is 17.0 Å². The molecule has 114 valence electrons. The first-order valence-corrected chi connectivity index (χ1v) is 6.71. The first-order valence-electron chi connectivity index (χ1n) is 6.71. The number of hydrogen-bond donors (Lipinski definition) is 1. The van der Waals surface area contributed by atoms with Crippen LogP contribution in [0.25, 0.3) is 0 Å². The SMILES string of the molecule is Cc1cnc(C(C)Nc2c([N+](=O)[O-])c(C(C)C)nn2C)o1. The van der Waals surface area contributed by atoms with E-state index in [1.165, 1.54) is 4.68 Å². The maximum atomic E-state index is 11.4. The second-order valence-electron chi connectivity index (χ2n) is 5.29. The number of nitrogens with one attached hydrogen (secondary N) is 1. The van der Waals surface area contributed by atoms with Crippen molar-refractivity contribution in [3.8, 4) is 0 Å². The van der Waals surface area contributed by atoms with Gasteiger partial charge in [-0.1, -0.05) is 13.8 Å². The highest BCUT2D eigenvalue weighted by Gasteiger charge is 2.29. The molecule has 0 amide bonds. The van der Waals surface area contributed by atoms with Gasteiger partial charge in [0.05, 0.1) is 11.1 Å². The highest BCUT2D eigenvalue weighted by molar-refractivity contribution is 5.61. The van der Waals surface area contributed by atoms with Gasteiger partial charge in [0.1, 0.15) is 17.5 Å². The maximum absolute atomic E-state index is 11.4. The molecule has 0 aliphatic carbocycles. The van der Waals surface area contributed by atoms with Crippen molar-refractivity contribution in [1.82, 2.24) is 14.8 Å². The van der Waals surface area contributed by atoms with E-state index in [1.54, 1.807) is 20.2 Å². The second-order valence-corrected chi connectivity index (χ2v) is 5.29. The van der Waals surface area contributed by atoms with E-state index < -0.39 is 4.92 Å². The van der Waals surface area contributed by atoms with Gasteiger partial charge in [0.15, 0.2) is 0 Å². The molecule has 0 aliphatic heterocycles. The third-order valence-corrected chi connectivity index (χ3v) is 3.14. The molecule has 0 radical (unpaired) electrons. The number of aromatic nitrogens is 3. The van der Waals surface area contributed by atoms with E-state index >= 15 is 0 Å². The molecule has 2 aromatic rings. The molecule has 2 heterocycles. The van der Waals surface area contributed by atoms with Gasteiger partial charge < -0.3 is 9.73 Å². The molecule has 1 unspecified atom stereocenters. The van der Waals surface area contributed by atoms with Gasteiger partial charge in [0.25, 0.3) is 0 Å². The number of hydrogen-bond acceptors (Lipinski definition) is 6. The summed E-state index contributed by atoms with van der Waals surface area (Å²) < 4.78 is 6.92. The van der Waals surface area contributed by atoms with Crippen LogP contribution in [0.4, 0.5) is 11.5 Å². The van der Waals surface area contributed by atoms with Gasteiger partial charge >= 0.3 is 5.69 Å². The fraction of sp³-hybridized carbons (Fsp3) is 0.538. The summed E-state index contributed by atoms with van der Waals surface area (Å²) in [6.45, 7) is 7.38. The Morgan fingerprint density at radius 2 is 2.10 bits per heavy atom. The van der Waals surface area contributed by atoms with E-state index in [0.717, 1.165) is 0 Å². The molecule has 8 heteroatoms. The van der Waals surface area contributed by atoms with Gasteiger partial charge in [-0.3, -0.25) is 10.1 Å². The van der Waals surface area contributed by atoms with Crippen molar-refractivity contribution >= 4 is 11.5 Å². The summed E-state index contributed by atoms with van der Waals surface area (Å²) >= 11 is 0. The zero-order valence-electron chi connectivity index (χ0n) is 12.7. The van der Waals surface area contributed by atoms with Crippen LogP contribution in [0.15, 0.2) is 10.6 Å². The number of rotatable bonds is 5. The number of aryl methyl sites for hydroxylation is 2. The van der Waals surface area contributed by atoms with Crippen LogP contribution < -0.4 is 5.32 Å². The van der Waals surface area contributed by atoms with Crippen LogP contribution in [-0.4, -0.2) is 19.7 Å². The van der Waals surface area contributed by atoms with Crippen LogP contribution >= 0.6 is 0 Å². The lowest BCUT2D eigenvalue weighted by Crippen LogP contribution is -2.11. The summed E-state index contributed by atoms with van der Waals surface area (Å²) in [7, 11) is 1.68. The Morgan fingerprint density at radius 1 is 1.43 bits per heavy atom. The van der Waals surface area contributed by atoms with Gasteiger partial charge in [-0.2, -0.15) is 5.10 Å². The van der Waals surface area contributed by atoms with E-state index in [1.807, 2.05) is 20.8 Å². The molecule has 21 heavy (non-hydrogen) atoms. The minimum absolute atomic E-state index is 0.00243. The molecule has 0 bridgehead atoms. The van der Waals surface area contributed by atoms with Gasteiger partial charge in [-0.15, -0.1) is 0 Å². The Hall–Kier alpha value is -2.38. The zero-order valence-corrected chi connectivity index (χ0v) is 12.7. The first-order chi connectivity index (χ1) is 9.81. The summed E-state index contributed by atoms with van der Waals surface area (Å²) in [4.78, 5) is 15.1. The molecule has 0 saturated carbocycles. The molecule has 0 spiro atoms.